The van der Waals surface area contributed by atoms with Crippen molar-refractivity contribution in [3.8, 4) is 11.8 Å². The quantitative estimate of drug-likeness (QED) is 0.778. The molecule has 1 aromatic rings. The van der Waals surface area contributed by atoms with E-state index in [2.05, 4.69) is 11.8 Å². The van der Waals surface area contributed by atoms with E-state index in [-0.39, 0.29) is 24.1 Å². The van der Waals surface area contributed by atoms with Crippen molar-refractivity contribution in [2.24, 2.45) is 5.73 Å². The number of hydrogen-bond acceptors (Lipinski definition) is 3. The fourth-order valence-corrected chi connectivity index (χ4v) is 2.13. The topological polar surface area (TPSA) is 55.6 Å². The minimum Gasteiger partial charge on any atom is -0.377 e. The summed E-state index contributed by atoms with van der Waals surface area (Å²) in [6, 6.07) is 4.00. The number of carbonyl (C=O) groups is 1. The zero-order valence-electron chi connectivity index (χ0n) is 11.4. The molecule has 1 saturated heterocycles. The number of benzene rings is 1. The van der Waals surface area contributed by atoms with Crippen molar-refractivity contribution in [1.29, 1.82) is 0 Å². The molecule has 1 aromatic carbocycles. The van der Waals surface area contributed by atoms with Gasteiger partial charge in [0.25, 0.3) is 5.91 Å². The summed E-state index contributed by atoms with van der Waals surface area (Å²) in [6.07, 6.45) is 0. The molecule has 1 unspecified atom stereocenters. The molecule has 1 aliphatic rings. The Balaban J connectivity index is 2.34. The molecule has 1 atom stereocenters. The fourth-order valence-electron chi connectivity index (χ4n) is 2.13. The summed E-state index contributed by atoms with van der Waals surface area (Å²) in [5, 5.41) is 0. The molecular weight excluding hydrogens is 259 g/mol. The first-order chi connectivity index (χ1) is 9.63. The van der Waals surface area contributed by atoms with Crippen LogP contribution in [0.15, 0.2) is 18.2 Å². The predicted molar refractivity (Wildman–Crippen MR) is 73.6 cm³/mol. The second-order valence-corrected chi connectivity index (χ2v) is 4.62. The van der Waals surface area contributed by atoms with Crippen LogP contribution in [0.1, 0.15) is 22.8 Å². The maximum Gasteiger partial charge on any atom is 0.255 e. The normalized spacial score (nSPS) is 18.4. The summed E-state index contributed by atoms with van der Waals surface area (Å²) in [5.74, 6) is 4.84. The fraction of sp³-hybridized carbons (Fsp3) is 0.400. The first kappa shape index (κ1) is 14.5. The van der Waals surface area contributed by atoms with Gasteiger partial charge in [-0.1, -0.05) is 11.8 Å². The van der Waals surface area contributed by atoms with Gasteiger partial charge in [-0.2, -0.15) is 0 Å². The lowest BCUT2D eigenvalue weighted by Crippen LogP contribution is -2.47. The van der Waals surface area contributed by atoms with Crippen LogP contribution in [0.4, 0.5) is 4.39 Å². The number of amides is 1. The van der Waals surface area contributed by atoms with Gasteiger partial charge in [0.15, 0.2) is 0 Å². The van der Waals surface area contributed by atoms with E-state index in [1.807, 2.05) is 6.92 Å². The van der Waals surface area contributed by atoms with E-state index in [4.69, 9.17) is 10.5 Å². The Bertz CT molecular complexity index is 563. The largest absolute Gasteiger partial charge is 0.377 e. The molecule has 0 radical (unpaired) electrons. The number of nitrogens with zero attached hydrogens (tertiary/aromatic N) is 1. The molecule has 1 aliphatic heterocycles. The highest BCUT2D eigenvalue weighted by atomic mass is 19.1. The van der Waals surface area contributed by atoms with Gasteiger partial charge in [0.05, 0.1) is 31.4 Å². The average molecular weight is 276 g/mol. The lowest BCUT2D eigenvalue weighted by molar-refractivity contribution is 0.00355. The number of ether oxygens (including phenoxy) is 1. The number of nitrogens with two attached hydrogens (primary N) is 1. The van der Waals surface area contributed by atoms with E-state index in [0.29, 0.717) is 25.3 Å². The molecule has 5 heteroatoms. The van der Waals surface area contributed by atoms with Gasteiger partial charge in [-0.25, -0.2) is 4.39 Å². The van der Waals surface area contributed by atoms with Crippen molar-refractivity contribution in [2.75, 3.05) is 26.3 Å². The van der Waals surface area contributed by atoms with Crippen LogP contribution < -0.4 is 5.73 Å². The van der Waals surface area contributed by atoms with E-state index in [1.54, 1.807) is 4.90 Å². The van der Waals surface area contributed by atoms with Crippen LogP contribution in [-0.4, -0.2) is 43.2 Å². The zero-order valence-corrected chi connectivity index (χ0v) is 11.4. The number of hydrogen-bond donors (Lipinski definition) is 1. The Labute approximate surface area is 117 Å². The molecule has 1 fully saturated rings. The molecule has 20 heavy (non-hydrogen) atoms. The third-order valence-corrected chi connectivity index (χ3v) is 3.17. The van der Waals surface area contributed by atoms with E-state index < -0.39 is 5.82 Å². The Morgan fingerprint density at radius 1 is 1.60 bits per heavy atom. The lowest BCUT2D eigenvalue weighted by atomic mass is 10.0. The van der Waals surface area contributed by atoms with E-state index in [1.165, 1.54) is 18.2 Å². The number of carbonyl (C=O) groups excluding carboxylic acids is 1. The Kier molecular flexibility index (Phi) is 4.72. The molecular formula is C15H17FN2O2. The summed E-state index contributed by atoms with van der Waals surface area (Å²) in [6.45, 7) is 3.58. The van der Waals surface area contributed by atoms with Gasteiger partial charge in [-0.05, 0) is 25.1 Å². The van der Waals surface area contributed by atoms with Crippen molar-refractivity contribution < 1.29 is 13.9 Å². The van der Waals surface area contributed by atoms with Crippen molar-refractivity contribution >= 4 is 5.91 Å². The van der Waals surface area contributed by atoms with Crippen LogP contribution >= 0.6 is 0 Å². The van der Waals surface area contributed by atoms with Gasteiger partial charge in [-0.15, -0.1) is 0 Å². The predicted octanol–water partition coefficient (Wildman–Crippen LogP) is 0.997. The van der Waals surface area contributed by atoms with Crippen LogP contribution in [-0.2, 0) is 4.74 Å². The SMILES string of the molecule is CC1COCCN1C(=O)c1cc(F)ccc1C#CCN. The molecule has 1 amide bonds. The Morgan fingerprint density at radius 2 is 2.40 bits per heavy atom. The maximum atomic E-state index is 13.4. The van der Waals surface area contributed by atoms with Gasteiger partial charge in [0.1, 0.15) is 5.82 Å². The molecule has 0 bridgehead atoms. The molecule has 0 aliphatic carbocycles. The number of halogens is 1. The minimum absolute atomic E-state index is 0.0326. The highest BCUT2D eigenvalue weighted by molar-refractivity contribution is 5.97. The molecule has 2 rings (SSSR count). The van der Waals surface area contributed by atoms with Crippen molar-refractivity contribution in [1.82, 2.24) is 4.90 Å². The average Bonchev–Trinajstić information content (AvgIpc) is 2.46. The van der Waals surface area contributed by atoms with Crippen LogP contribution in [0.2, 0.25) is 0 Å². The zero-order chi connectivity index (χ0) is 14.5. The Morgan fingerprint density at radius 3 is 3.10 bits per heavy atom. The van der Waals surface area contributed by atoms with Gasteiger partial charge < -0.3 is 15.4 Å². The first-order valence-electron chi connectivity index (χ1n) is 6.50. The summed E-state index contributed by atoms with van der Waals surface area (Å²) in [4.78, 5) is 14.2. The van der Waals surface area contributed by atoms with Gasteiger partial charge in [0, 0.05) is 12.1 Å². The molecule has 106 valence electrons. The van der Waals surface area contributed by atoms with Gasteiger partial charge >= 0.3 is 0 Å². The maximum absolute atomic E-state index is 13.4. The summed E-state index contributed by atoms with van der Waals surface area (Å²) in [5.41, 5.74) is 6.12. The van der Waals surface area contributed by atoms with E-state index in [9.17, 15) is 9.18 Å². The summed E-state index contributed by atoms with van der Waals surface area (Å²) >= 11 is 0. The highest BCUT2D eigenvalue weighted by Gasteiger charge is 2.26. The third-order valence-electron chi connectivity index (χ3n) is 3.17. The van der Waals surface area contributed by atoms with Crippen LogP contribution in [0.5, 0.6) is 0 Å². The smallest absolute Gasteiger partial charge is 0.255 e. The number of morpholine rings is 1. The monoisotopic (exact) mass is 276 g/mol. The van der Waals surface area contributed by atoms with Crippen molar-refractivity contribution in [2.45, 2.75) is 13.0 Å². The second kappa shape index (κ2) is 6.51. The molecule has 2 N–H and O–H groups in total. The summed E-state index contributed by atoms with van der Waals surface area (Å²) < 4.78 is 18.7. The first-order valence-corrected chi connectivity index (χ1v) is 6.50. The van der Waals surface area contributed by atoms with Crippen LogP contribution in [0, 0.1) is 17.7 Å². The standard InChI is InChI=1S/C15H17FN2O2/c1-11-10-20-8-7-18(11)15(19)14-9-13(16)5-4-12(14)3-2-6-17/h4-5,9,11H,6-8,10,17H2,1H3. The van der Waals surface area contributed by atoms with Crippen molar-refractivity contribution in [3.05, 3.63) is 35.1 Å². The molecule has 0 spiro atoms. The lowest BCUT2D eigenvalue weighted by Gasteiger charge is -2.33. The highest BCUT2D eigenvalue weighted by Crippen LogP contribution is 2.17. The van der Waals surface area contributed by atoms with Gasteiger partial charge in [0.2, 0.25) is 0 Å². The van der Waals surface area contributed by atoms with E-state index >= 15 is 0 Å². The molecule has 4 nitrogen and oxygen atoms in total. The van der Waals surface area contributed by atoms with Crippen LogP contribution in [0.3, 0.4) is 0 Å². The third kappa shape index (κ3) is 3.16. The minimum atomic E-state index is -0.451. The molecule has 1 heterocycles. The second-order valence-electron chi connectivity index (χ2n) is 4.62. The Hall–Kier alpha value is -1.90. The summed E-state index contributed by atoms with van der Waals surface area (Å²) in [7, 11) is 0. The van der Waals surface area contributed by atoms with Crippen LogP contribution in [0.25, 0.3) is 0 Å². The molecule has 0 saturated carbocycles. The van der Waals surface area contributed by atoms with Crippen molar-refractivity contribution in [3.63, 3.8) is 0 Å². The van der Waals surface area contributed by atoms with Gasteiger partial charge in [-0.3, -0.25) is 4.79 Å². The number of rotatable bonds is 1. The molecule has 0 aromatic heterocycles. The van der Waals surface area contributed by atoms with E-state index in [0.717, 1.165) is 0 Å².